The second-order valence-corrected chi connectivity index (χ2v) is 9.25. The second-order valence-electron chi connectivity index (χ2n) is 9.25. The van der Waals surface area contributed by atoms with Crippen LogP contribution in [0.1, 0.15) is 142 Å². The number of nitrogens with zero attached hydrogens (tertiary/aromatic N) is 2. The van der Waals surface area contributed by atoms with Gasteiger partial charge in [0, 0.05) is 0 Å². The van der Waals surface area contributed by atoms with Crippen LogP contribution in [0.2, 0.25) is 0 Å². The van der Waals surface area contributed by atoms with E-state index in [1.165, 1.54) is 142 Å². The number of unbranched alkanes of at least 4 members (excludes halogenated alkanes) is 18. The van der Waals surface area contributed by atoms with Gasteiger partial charge in [0.25, 0.3) is 0 Å². The van der Waals surface area contributed by atoms with Gasteiger partial charge in [-0.15, -0.1) is 0 Å². The fourth-order valence-corrected chi connectivity index (χ4v) is 4.27. The maximum absolute atomic E-state index is 2.39. The Hall–Kier alpha value is -0.500. The number of aromatic nitrogens is 2. The van der Waals surface area contributed by atoms with Crippen LogP contribution < -0.4 is 17.0 Å². The molecule has 0 aliphatic heterocycles. The van der Waals surface area contributed by atoms with Crippen LogP contribution in [-0.2, 0) is 13.1 Å². The van der Waals surface area contributed by atoms with Crippen LogP contribution in [0, 0.1) is 0 Å². The molecule has 0 amide bonds. The van der Waals surface area contributed by atoms with Gasteiger partial charge in [-0.05, 0) is 25.7 Å². The summed E-state index contributed by atoms with van der Waals surface area (Å²) in [6, 6.07) is 0. The van der Waals surface area contributed by atoms with E-state index < -0.39 is 0 Å². The van der Waals surface area contributed by atoms with Gasteiger partial charge in [-0.2, -0.15) is 0 Å². The molecule has 0 aromatic carbocycles. The summed E-state index contributed by atoms with van der Waals surface area (Å²) in [4.78, 5) is 0. The molecule has 2 nitrogen and oxygen atoms in total. The van der Waals surface area contributed by atoms with E-state index >= 15 is 0 Å². The van der Waals surface area contributed by atoms with Crippen molar-refractivity contribution in [3.63, 3.8) is 0 Å². The molecule has 1 rings (SSSR count). The zero-order valence-electron chi connectivity index (χ0n) is 20.6. The Morgan fingerprint density at radius 2 is 0.933 bits per heavy atom. The molecule has 0 N–H and O–H groups in total. The van der Waals surface area contributed by atoms with Crippen molar-refractivity contribution in [2.45, 2.75) is 155 Å². The van der Waals surface area contributed by atoms with Gasteiger partial charge in [0.2, 0.25) is 6.33 Å². The van der Waals surface area contributed by atoms with Crippen LogP contribution in [0.3, 0.4) is 0 Å². The van der Waals surface area contributed by atoms with Gasteiger partial charge in [0.05, 0.1) is 13.1 Å². The lowest BCUT2D eigenvalue weighted by Gasteiger charge is -2.02. The molecule has 0 aliphatic carbocycles. The summed E-state index contributed by atoms with van der Waals surface area (Å²) in [5, 5.41) is 0. The SMILES string of the molecule is CCCCCCCCCCCCn1cc[n+](CCCCCCCCCCCC)c1.[Cl-]. The Kier molecular flexibility index (Phi) is 22.8. The van der Waals surface area contributed by atoms with E-state index in [0.29, 0.717) is 0 Å². The minimum absolute atomic E-state index is 0. The third-order valence-corrected chi connectivity index (χ3v) is 6.29. The summed E-state index contributed by atoms with van der Waals surface area (Å²) in [5.41, 5.74) is 0. The van der Waals surface area contributed by atoms with Gasteiger partial charge in [-0.3, -0.25) is 0 Å². The van der Waals surface area contributed by atoms with Crippen molar-refractivity contribution < 1.29 is 17.0 Å². The van der Waals surface area contributed by atoms with Gasteiger partial charge < -0.3 is 12.4 Å². The van der Waals surface area contributed by atoms with Crippen molar-refractivity contribution in [2.75, 3.05) is 0 Å². The Bertz CT molecular complexity index is 405. The standard InChI is InChI=1S/C27H53N2.ClH/c1-3-5-7-9-11-13-15-17-19-21-23-28-25-26-29(27-28)24-22-20-18-16-14-12-10-8-6-4-2;/h25-27H,3-24H2,1-2H3;1H/q+1;/p-1. The molecule has 0 unspecified atom stereocenters. The van der Waals surface area contributed by atoms with Gasteiger partial charge in [-0.25, -0.2) is 9.13 Å². The molecular formula is C27H53ClN2. The monoisotopic (exact) mass is 440 g/mol. The molecular weight excluding hydrogens is 388 g/mol. The quantitative estimate of drug-likeness (QED) is 0.163. The van der Waals surface area contributed by atoms with Crippen molar-refractivity contribution >= 4 is 0 Å². The van der Waals surface area contributed by atoms with Gasteiger partial charge in [0.15, 0.2) is 0 Å². The van der Waals surface area contributed by atoms with E-state index in [9.17, 15) is 0 Å². The number of hydrogen-bond acceptors (Lipinski definition) is 0. The van der Waals surface area contributed by atoms with Crippen LogP contribution in [-0.4, -0.2) is 4.57 Å². The highest BCUT2D eigenvalue weighted by molar-refractivity contribution is 4.66. The predicted molar refractivity (Wildman–Crippen MR) is 128 cm³/mol. The largest absolute Gasteiger partial charge is 1.00 e. The molecule has 0 fully saturated rings. The maximum Gasteiger partial charge on any atom is 0.243 e. The number of imidazole rings is 1. The average molecular weight is 441 g/mol. The Balaban J connectivity index is 0.00000841. The van der Waals surface area contributed by atoms with E-state index in [-0.39, 0.29) is 12.4 Å². The molecule has 3 heteroatoms. The van der Waals surface area contributed by atoms with Crippen molar-refractivity contribution in [3.05, 3.63) is 18.7 Å². The van der Waals surface area contributed by atoms with E-state index in [4.69, 9.17) is 0 Å². The highest BCUT2D eigenvalue weighted by Crippen LogP contribution is 2.12. The molecule has 178 valence electrons. The van der Waals surface area contributed by atoms with Gasteiger partial charge >= 0.3 is 0 Å². The first kappa shape index (κ1) is 29.5. The van der Waals surface area contributed by atoms with Crippen LogP contribution in [0.25, 0.3) is 0 Å². The smallest absolute Gasteiger partial charge is 0.243 e. The summed E-state index contributed by atoms with van der Waals surface area (Å²) in [6.45, 7) is 6.98. The highest BCUT2D eigenvalue weighted by Gasteiger charge is 2.03. The van der Waals surface area contributed by atoms with Crippen molar-refractivity contribution in [1.29, 1.82) is 0 Å². The molecule has 0 bridgehead atoms. The lowest BCUT2D eigenvalue weighted by molar-refractivity contribution is -0.696. The first-order valence-corrected chi connectivity index (χ1v) is 13.4. The van der Waals surface area contributed by atoms with Crippen molar-refractivity contribution in [3.8, 4) is 0 Å². The van der Waals surface area contributed by atoms with E-state index in [0.717, 1.165) is 0 Å². The zero-order chi connectivity index (χ0) is 20.8. The maximum atomic E-state index is 2.39. The molecule has 0 saturated heterocycles. The molecule has 0 spiro atoms. The summed E-state index contributed by atoms with van der Waals surface area (Å²) in [6.07, 6.45) is 35.2. The zero-order valence-corrected chi connectivity index (χ0v) is 21.3. The van der Waals surface area contributed by atoms with E-state index in [2.05, 4.69) is 41.7 Å². The molecule has 30 heavy (non-hydrogen) atoms. The fraction of sp³-hybridized carbons (Fsp3) is 0.889. The highest BCUT2D eigenvalue weighted by atomic mass is 35.5. The lowest BCUT2D eigenvalue weighted by atomic mass is 10.1. The van der Waals surface area contributed by atoms with E-state index in [1.807, 2.05) is 0 Å². The minimum Gasteiger partial charge on any atom is -1.00 e. The fourth-order valence-electron chi connectivity index (χ4n) is 4.27. The molecule has 0 aliphatic rings. The number of halogens is 1. The van der Waals surface area contributed by atoms with Gasteiger partial charge in [0.1, 0.15) is 12.4 Å². The topological polar surface area (TPSA) is 8.81 Å². The Morgan fingerprint density at radius 1 is 0.533 bits per heavy atom. The third-order valence-electron chi connectivity index (χ3n) is 6.29. The molecule has 0 saturated carbocycles. The first-order valence-electron chi connectivity index (χ1n) is 13.4. The first-order chi connectivity index (χ1) is 14.4. The minimum atomic E-state index is 0. The van der Waals surface area contributed by atoms with Crippen LogP contribution in [0.15, 0.2) is 18.7 Å². The molecule has 0 atom stereocenters. The Labute approximate surface area is 195 Å². The van der Waals surface area contributed by atoms with E-state index in [1.54, 1.807) is 0 Å². The molecule has 1 heterocycles. The normalized spacial score (nSPS) is 11.0. The van der Waals surface area contributed by atoms with Gasteiger partial charge in [-0.1, -0.05) is 117 Å². The number of rotatable bonds is 22. The number of aryl methyl sites for hydroxylation is 2. The molecule has 1 aromatic rings. The van der Waals surface area contributed by atoms with Crippen molar-refractivity contribution in [1.82, 2.24) is 4.57 Å². The summed E-state index contributed by atoms with van der Waals surface area (Å²) >= 11 is 0. The van der Waals surface area contributed by atoms with Crippen LogP contribution >= 0.6 is 0 Å². The van der Waals surface area contributed by atoms with Crippen LogP contribution in [0.5, 0.6) is 0 Å². The second kappa shape index (κ2) is 23.2. The summed E-state index contributed by atoms with van der Waals surface area (Å²) in [7, 11) is 0. The summed E-state index contributed by atoms with van der Waals surface area (Å²) < 4.78 is 4.78. The predicted octanol–water partition coefficient (Wildman–Crippen LogP) is 5.62. The molecule has 1 aromatic heterocycles. The Morgan fingerprint density at radius 3 is 1.40 bits per heavy atom. The average Bonchev–Trinajstić information content (AvgIpc) is 3.18. The number of hydrogen-bond donors (Lipinski definition) is 0. The lowest BCUT2D eigenvalue weighted by Crippen LogP contribution is -3.00. The third kappa shape index (κ3) is 18.3. The van der Waals surface area contributed by atoms with Crippen molar-refractivity contribution in [2.24, 2.45) is 0 Å². The van der Waals surface area contributed by atoms with Crippen LogP contribution in [0.4, 0.5) is 0 Å². The summed E-state index contributed by atoms with van der Waals surface area (Å²) in [5.74, 6) is 0. The molecule has 0 radical (unpaired) electrons.